The topological polar surface area (TPSA) is 59.8 Å². The van der Waals surface area contributed by atoms with E-state index in [4.69, 9.17) is 11.6 Å². The van der Waals surface area contributed by atoms with Crippen molar-refractivity contribution in [3.05, 3.63) is 70.3 Å². The Morgan fingerprint density at radius 3 is 2.53 bits per heavy atom. The van der Waals surface area contributed by atoms with Crippen molar-refractivity contribution in [3.63, 3.8) is 0 Å². The zero-order chi connectivity index (χ0) is 23.5. The van der Waals surface area contributed by atoms with Gasteiger partial charge in [0, 0.05) is 17.2 Å². The summed E-state index contributed by atoms with van der Waals surface area (Å²) in [5, 5.41) is 13.1. The lowest BCUT2D eigenvalue weighted by Gasteiger charge is -2.21. The van der Waals surface area contributed by atoms with Gasteiger partial charge in [-0.25, -0.2) is 4.39 Å². The molecule has 0 fully saturated rings. The van der Waals surface area contributed by atoms with Gasteiger partial charge in [0.25, 0.3) is 0 Å². The minimum absolute atomic E-state index is 0.0390. The van der Waals surface area contributed by atoms with Gasteiger partial charge in [0.1, 0.15) is 5.82 Å². The molecule has 32 heavy (non-hydrogen) atoms. The molecule has 8 heteroatoms. The smallest absolute Gasteiger partial charge is 0.221 e. The van der Waals surface area contributed by atoms with Gasteiger partial charge in [0.05, 0.1) is 11.7 Å². The fraction of sp³-hybridized carbons (Fsp3) is 0.375. The lowest BCUT2D eigenvalue weighted by molar-refractivity contribution is -0.123. The van der Waals surface area contributed by atoms with E-state index in [1.165, 1.54) is 23.9 Å². The maximum absolute atomic E-state index is 13.2. The summed E-state index contributed by atoms with van der Waals surface area (Å²) in [7, 11) is 0. The van der Waals surface area contributed by atoms with E-state index in [1.54, 1.807) is 12.1 Å². The van der Waals surface area contributed by atoms with E-state index in [0.29, 0.717) is 28.2 Å². The Morgan fingerprint density at radius 1 is 1.19 bits per heavy atom. The highest BCUT2D eigenvalue weighted by Gasteiger charge is 2.24. The average Bonchev–Trinajstić information content (AvgIpc) is 3.11. The summed E-state index contributed by atoms with van der Waals surface area (Å²) < 4.78 is 15.2. The highest BCUT2D eigenvalue weighted by Crippen LogP contribution is 2.30. The van der Waals surface area contributed by atoms with E-state index in [2.05, 4.69) is 15.5 Å². The van der Waals surface area contributed by atoms with Crippen LogP contribution in [0.2, 0.25) is 5.02 Å². The van der Waals surface area contributed by atoms with Crippen LogP contribution in [0.4, 0.5) is 4.39 Å². The molecule has 5 nitrogen and oxygen atoms in total. The normalized spacial score (nSPS) is 12.6. The van der Waals surface area contributed by atoms with Gasteiger partial charge in [0.15, 0.2) is 11.0 Å². The van der Waals surface area contributed by atoms with Crippen molar-refractivity contribution in [3.8, 4) is 5.69 Å². The summed E-state index contributed by atoms with van der Waals surface area (Å²) >= 11 is 7.79. The number of nitrogens with one attached hydrogen (secondary N) is 1. The Bertz CT molecular complexity index is 1090. The molecule has 3 rings (SSSR count). The standard InChI is InChI=1S/C24H28ClFN4OS/c1-15-6-9-18(25)12-20(15)30-22(16(2)27-21(31)13-24(3,4)5)28-29-23(30)32-14-17-7-10-19(26)11-8-17/h6-12,16H,13-14H2,1-5H3,(H,27,31). The number of amides is 1. The molecule has 0 saturated heterocycles. The van der Waals surface area contributed by atoms with Gasteiger partial charge in [-0.3, -0.25) is 9.36 Å². The molecule has 170 valence electrons. The second kappa shape index (κ2) is 10.0. The number of benzene rings is 2. The van der Waals surface area contributed by atoms with Crippen molar-refractivity contribution in [2.45, 2.75) is 58.0 Å². The second-order valence-electron chi connectivity index (χ2n) is 9.05. The van der Waals surface area contributed by atoms with Crippen LogP contribution in [0.25, 0.3) is 5.69 Å². The van der Waals surface area contributed by atoms with Gasteiger partial charge in [-0.05, 0) is 54.7 Å². The number of nitrogens with zero attached hydrogens (tertiary/aromatic N) is 3. The second-order valence-corrected chi connectivity index (χ2v) is 10.4. The van der Waals surface area contributed by atoms with Gasteiger partial charge < -0.3 is 5.32 Å². The van der Waals surface area contributed by atoms with Crippen LogP contribution in [-0.2, 0) is 10.5 Å². The van der Waals surface area contributed by atoms with E-state index in [9.17, 15) is 9.18 Å². The van der Waals surface area contributed by atoms with Gasteiger partial charge >= 0.3 is 0 Å². The first kappa shape index (κ1) is 24.3. The molecule has 2 aromatic carbocycles. The number of carbonyl (C=O) groups excluding carboxylic acids is 1. The summed E-state index contributed by atoms with van der Waals surface area (Å²) in [6.07, 6.45) is 0.411. The largest absolute Gasteiger partial charge is 0.346 e. The third-order valence-electron chi connectivity index (χ3n) is 4.81. The molecule has 0 aliphatic heterocycles. The molecule has 1 atom stereocenters. The minimum atomic E-state index is -0.351. The molecule has 0 spiro atoms. The number of halogens is 2. The minimum Gasteiger partial charge on any atom is -0.346 e. The van der Waals surface area contributed by atoms with Crippen molar-refractivity contribution in [2.24, 2.45) is 5.41 Å². The number of aromatic nitrogens is 3. The van der Waals surface area contributed by atoms with Crippen LogP contribution in [0.15, 0.2) is 47.6 Å². The molecule has 1 amide bonds. The van der Waals surface area contributed by atoms with Crippen molar-refractivity contribution >= 4 is 29.3 Å². The third-order valence-corrected chi connectivity index (χ3v) is 6.04. The predicted molar refractivity (Wildman–Crippen MR) is 128 cm³/mol. The Labute approximate surface area is 197 Å². The fourth-order valence-corrected chi connectivity index (χ4v) is 4.35. The molecule has 0 radical (unpaired) electrons. The zero-order valence-electron chi connectivity index (χ0n) is 18.9. The lowest BCUT2D eigenvalue weighted by Crippen LogP contribution is -2.31. The maximum atomic E-state index is 13.2. The summed E-state index contributed by atoms with van der Waals surface area (Å²) in [5.74, 6) is 0.920. The Morgan fingerprint density at radius 2 is 1.88 bits per heavy atom. The SMILES string of the molecule is Cc1ccc(Cl)cc1-n1c(SCc2ccc(F)cc2)nnc1C(C)NC(=O)CC(C)(C)C. The average molecular weight is 475 g/mol. The van der Waals surface area contributed by atoms with Gasteiger partial charge in [-0.1, -0.05) is 62.3 Å². The van der Waals surface area contributed by atoms with Crippen LogP contribution >= 0.6 is 23.4 Å². The van der Waals surface area contributed by atoms with E-state index < -0.39 is 0 Å². The number of hydrogen-bond donors (Lipinski definition) is 1. The molecule has 3 aromatic rings. The predicted octanol–water partition coefficient (Wildman–Crippen LogP) is 6.27. The van der Waals surface area contributed by atoms with Gasteiger partial charge in [0.2, 0.25) is 5.91 Å². The van der Waals surface area contributed by atoms with Crippen molar-refractivity contribution in [2.75, 3.05) is 0 Å². The van der Waals surface area contributed by atoms with E-state index in [-0.39, 0.29) is 23.2 Å². The van der Waals surface area contributed by atoms with Crippen LogP contribution in [0.1, 0.15) is 57.1 Å². The molecule has 0 aliphatic carbocycles. The van der Waals surface area contributed by atoms with Crippen molar-refractivity contribution in [1.29, 1.82) is 0 Å². The molecule has 1 N–H and O–H groups in total. The number of aryl methyl sites for hydroxylation is 1. The third kappa shape index (κ3) is 6.33. The van der Waals surface area contributed by atoms with E-state index in [1.807, 2.05) is 57.4 Å². The molecule has 0 saturated carbocycles. The number of thioether (sulfide) groups is 1. The highest BCUT2D eigenvalue weighted by atomic mass is 35.5. The monoisotopic (exact) mass is 474 g/mol. The highest BCUT2D eigenvalue weighted by molar-refractivity contribution is 7.98. The van der Waals surface area contributed by atoms with Crippen LogP contribution in [0, 0.1) is 18.2 Å². The summed E-state index contributed by atoms with van der Waals surface area (Å²) in [6, 6.07) is 11.7. The van der Waals surface area contributed by atoms with Crippen molar-refractivity contribution < 1.29 is 9.18 Å². The summed E-state index contributed by atoms with van der Waals surface area (Å²) in [6.45, 7) is 9.97. The lowest BCUT2D eigenvalue weighted by atomic mass is 9.92. The van der Waals surface area contributed by atoms with E-state index >= 15 is 0 Å². The van der Waals surface area contributed by atoms with Gasteiger partial charge in [-0.2, -0.15) is 0 Å². The van der Waals surface area contributed by atoms with Crippen LogP contribution < -0.4 is 5.32 Å². The zero-order valence-corrected chi connectivity index (χ0v) is 20.5. The van der Waals surface area contributed by atoms with Crippen molar-refractivity contribution in [1.82, 2.24) is 20.1 Å². The van der Waals surface area contributed by atoms with Crippen LogP contribution in [0.3, 0.4) is 0 Å². The molecular weight excluding hydrogens is 447 g/mol. The first-order valence-corrected chi connectivity index (χ1v) is 11.8. The number of carbonyl (C=O) groups is 1. The van der Waals surface area contributed by atoms with Crippen LogP contribution in [0.5, 0.6) is 0 Å². The Hall–Kier alpha value is -2.38. The molecule has 0 aliphatic rings. The Balaban J connectivity index is 1.93. The number of rotatable bonds is 7. The van der Waals surface area contributed by atoms with Crippen LogP contribution in [-0.4, -0.2) is 20.7 Å². The fourth-order valence-electron chi connectivity index (χ4n) is 3.27. The van der Waals surface area contributed by atoms with E-state index in [0.717, 1.165) is 16.8 Å². The first-order chi connectivity index (χ1) is 15.0. The quantitative estimate of drug-likeness (QED) is 0.410. The molecular formula is C24H28ClFN4OS. The number of hydrogen-bond acceptors (Lipinski definition) is 4. The summed E-state index contributed by atoms with van der Waals surface area (Å²) in [4.78, 5) is 12.5. The molecule has 1 unspecified atom stereocenters. The maximum Gasteiger partial charge on any atom is 0.221 e. The molecule has 1 heterocycles. The molecule has 0 bridgehead atoms. The summed E-state index contributed by atoms with van der Waals surface area (Å²) in [5.41, 5.74) is 2.72. The van der Waals surface area contributed by atoms with Gasteiger partial charge in [-0.15, -0.1) is 10.2 Å². The molecule has 1 aromatic heterocycles. The first-order valence-electron chi connectivity index (χ1n) is 10.4. The Kier molecular flexibility index (Phi) is 7.62.